The minimum atomic E-state index is -1.82. The maximum absolute atomic E-state index is 13.0. The Kier molecular flexibility index (Phi) is 8.86. The normalized spacial score (nSPS) is 21.1. The van der Waals surface area contributed by atoms with Crippen LogP contribution in [0.2, 0.25) is 0 Å². The molecule has 1 amide bonds. The number of Topliss-reactive ketones (excluding diaryl/α,β-unsaturated/α-hetero) is 1. The number of aliphatic carboxylic acids is 2. The summed E-state index contributed by atoms with van der Waals surface area (Å²) in [5.41, 5.74) is 1.81. The zero-order valence-electron chi connectivity index (χ0n) is 19.0. The molecule has 1 aromatic rings. The van der Waals surface area contributed by atoms with Crippen molar-refractivity contribution in [1.29, 1.82) is 0 Å². The number of carbonyl (C=O) groups excluding carboxylic acids is 2. The second kappa shape index (κ2) is 11.8. The predicted octanol–water partition coefficient (Wildman–Crippen LogP) is 2.65. The number of hydrogen-bond donors (Lipinski definition) is 2. The predicted molar refractivity (Wildman–Crippen MR) is 121 cm³/mol. The van der Waals surface area contributed by atoms with Gasteiger partial charge in [0.25, 0.3) is 0 Å². The van der Waals surface area contributed by atoms with E-state index in [1.165, 1.54) is 30.7 Å². The molecule has 1 aromatic carbocycles. The van der Waals surface area contributed by atoms with Crippen LogP contribution in [0, 0.1) is 17.7 Å². The minimum Gasteiger partial charge on any atom is -0.473 e. The third-order valence-electron chi connectivity index (χ3n) is 6.56. The molecule has 0 spiro atoms. The summed E-state index contributed by atoms with van der Waals surface area (Å²) in [6, 6.07) is 5.83. The number of likely N-dealkylation sites (tertiary alicyclic amines) is 1. The molecule has 2 aliphatic heterocycles. The first-order chi connectivity index (χ1) is 16.2. The summed E-state index contributed by atoms with van der Waals surface area (Å²) in [6.45, 7) is 3.12. The van der Waals surface area contributed by atoms with Gasteiger partial charge in [0.05, 0.1) is 6.54 Å². The van der Waals surface area contributed by atoms with E-state index in [9.17, 15) is 14.0 Å². The number of piperidine rings is 1. The van der Waals surface area contributed by atoms with Gasteiger partial charge in [-0.25, -0.2) is 19.0 Å². The number of carboxylic acids is 2. The van der Waals surface area contributed by atoms with Gasteiger partial charge in [0.1, 0.15) is 5.82 Å². The van der Waals surface area contributed by atoms with Gasteiger partial charge in [0, 0.05) is 36.1 Å². The number of carboxylic acid groups (broad SMARTS) is 2. The summed E-state index contributed by atoms with van der Waals surface area (Å²) in [6.07, 6.45) is 6.77. The molecule has 1 aliphatic carbocycles. The van der Waals surface area contributed by atoms with Crippen molar-refractivity contribution in [2.75, 3.05) is 26.2 Å². The molecule has 34 heavy (non-hydrogen) atoms. The Balaban J connectivity index is 0.000000481. The Morgan fingerprint density at radius 3 is 2.24 bits per heavy atom. The first kappa shape index (κ1) is 25.5. The fourth-order valence-electron chi connectivity index (χ4n) is 4.63. The number of benzene rings is 1. The number of carbonyl (C=O) groups is 4. The molecule has 3 aliphatic rings. The second-order valence-electron chi connectivity index (χ2n) is 8.85. The summed E-state index contributed by atoms with van der Waals surface area (Å²) in [5.74, 6) is -3.32. The van der Waals surface area contributed by atoms with Crippen molar-refractivity contribution in [2.24, 2.45) is 16.9 Å². The van der Waals surface area contributed by atoms with Gasteiger partial charge >= 0.3 is 11.9 Å². The summed E-state index contributed by atoms with van der Waals surface area (Å²) < 4.78 is 13.0. The molecular formula is C24H30FN3O6. The van der Waals surface area contributed by atoms with Crippen molar-refractivity contribution in [1.82, 2.24) is 9.91 Å². The number of rotatable bonds is 5. The average Bonchev–Trinajstić information content (AvgIpc) is 2.83. The molecule has 0 radical (unpaired) electrons. The number of hydrogen-bond acceptors (Lipinski definition) is 6. The molecule has 1 saturated carbocycles. The van der Waals surface area contributed by atoms with E-state index in [1.807, 2.05) is 0 Å². The lowest BCUT2D eigenvalue weighted by Gasteiger charge is -2.35. The highest BCUT2D eigenvalue weighted by Crippen LogP contribution is 2.29. The topological polar surface area (TPSA) is 128 Å². The Bertz CT molecular complexity index is 929. The Morgan fingerprint density at radius 1 is 0.971 bits per heavy atom. The van der Waals surface area contributed by atoms with E-state index in [0.29, 0.717) is 24.4 Å². The van der Waals surface area contributed by atoms with E-state index >= 15 is 0 Å². The highest BCUT2D eigenvalue weighted by Gasteiger charge is 2.31. The molecule has 0 bridgehead atoms. The first-order valence-electron chi connectivity index (χ1n) is 11.6. The van der Waals surface area contributed by atoms with Crippen molar-refractivity contribution in [3.63, 3.8) is 0 Å². The Hall–Kier alpha value is -3.14. The van der Waals surface area contributed by atoms with Gasteiger partial charge in [-0.05, 0) is 69.5 Å². The summed E-state index contributed by atoms with van der Waals surface area (Å²) in [7, 11) is 0. The van der Waals surface area contributed by atoms with E-state index in [-0.39, 0.29) is 23.4 Å². The van der Waals surface area contributed by atoms with Crippen LogP contribution in [0.3, 0.4) is 0 Å². The van der Waals surface area contributed by atoms with E-state index in [0.717, 1.165) is 45.3 Å². The van der Waals surface area contributed by atoms with Gasteiger partial charge in [-0.3, -0.25) is 9.59 Å². The summed E-state index contributed by atoms with van der Waals surface area (Å²) in [4.78, 5) is 45.5. The first-order valence-corrected chi connectivity index (χ1v) is 11.6. The molecule has 1 saturated heterocycles. The fraction of sp³-hybridized carbons (Fsp3) is 0.542. The third kappa shape index (κ3) is 6.93. The lowest BCUT2D eigenvalue weighted by molar-refractivity contribution is -0.159. The van der Waals surface area contributed by atoms with Gasteiger partial charge in [0.2, 0.25) is 5.91 Å². The third-order valence-corrected chi connectivity index (χ3v) is 6.56. The molecule has 2 N–H and O–H groups in total. The Morgan fingerprint density at radius 2 is 1.62 bits per heavy atom. The van der Waals surface area contributed by atoms with Gasteiger partial charge in [-0.2, -0.15) is 5.10 Å². The van der Waals surface area contributed by atoms with E-state index < -0.39 is 11.9 Å². The van der Waals surface area contributed by atoms with Crippen LogP contribution in [0.15, 0.2) is 29.4 Å². The average molecular weight is 476 g/mol. The number of halogens is 1. The van der Waals surface area contributed by atoms with Gasteiger partial charge in [-0.15, -0.1) is 0 Å². The van der Waals surface area contributed by atoms with Crippen LogP contribution in [0.25, 0.3) is 0 Å². The number of hydrazone groups is 1. The Labute approximate surface area is 197 Å². The maximum atomic E-state index is 13.0. The maximum Gasteiger partial charge on any atom is 0.414 e. The number of ketones is 1. The van der Waals surface area contributed by atoms with Crippen LogP contribution in [0.1, 0.15) is 55.3 Å². The van der Waals surface area contributed by atoms with Crippen LogP contribution in [-0.2, 0) is 14.4 Å². The van der Waals surface area contributed by atoms with Crippen molar-refractivity contribution < 1.29 is 33.8 Å². The SMILES string of the molecule is O=C(O)C(=O)O.O=C(c1ccc(F)cc1)C1CCN(CCN2N=C3CCCCC3CC2=O)CC1. The van der Waals surface area contributed by atoms with Crippen molar-refractivity contribution in [2.45, 2.75) is 44.9 Å². The summed E-state index contributed by atoms with van der Waals surface area (Å²) >= 11 is 0. The lowest BCUT2D eigenvalue weighted by Crippen LogP contribution is -2.44. The van der Waals surface area contributed by atoms with Crippen LogP contribution in [0.4, 0.5) is 4.39 Å². The van der Waals surface area contributed by atoms with Crippen LogP contribution in [-0.4, -0.2) is 75.6 Å². The molecule has 1 atom stereocenters. The van der Waals surface area contributed by atoms with Crippen molar-refractivity contribution in [3.05, 3.63) is 35.6 Å². The zero-order chi connectivity index (χ0) is 24.7. The number of fused-ring (bicyclic) bond motifs is 1. The molecule has 10 heteroatoms. The number of amides is 1. The molecule has 184 valence electrons. The van der Waals surface area contributed by atoms with E-state index in [1.54, 1.807) is 17.1 Å². The lowest BCUT2D eigenvalue weighted by atomic mass is 9.84. The largest absolute Gasteiger partial charge is 0.473 e. The smallest absolute Gasteiger partial charge is 0.414 e. The van der Waals surface area contributed by atoms with Gasteiger partial charge < -0.3 is 15.1 Å². The molecular weight excluding hydrogens is 445 g/mol. The van der Waals surface area contributed by atoms with E-state index in [2.05, 4.69) is 10.0 Å². The molecule has 0 aromatic heterocycles. The second-order valence-corrected chi connectivity index (χ2v) is 8.85. The van der Waals surface area contributed by atoms with Gasteiger partial charge in [0.15, 0.2) is 5.78 Å². The highest BCUT2D eigenvalue weighted by atomic mass is 19.1. The van der Waals surface area contributed by atoms with Crippen LogP contribution >= 0.6 is 0 Å². The minimum absolute atomic E-state index is 0.00145. The van der Waals surface area contributed by atoms with Crippen molar-refractivity contribution in [3.8, 4) is 0 Å². The highest BCUT2D eigenvalue weighted by molar-refractivity contribution is 6.27. The van der Waals surface area contributed by atoms with Crippen LogP contribution < -0.4 is 0 Å². The quantitative estimate of drug-likeness (QED) is 0.495. The molecule has 2 heterocycles. The van der Waals surface area contributed by atoms with Crippen molar-refractivity contribution >= 4 is 29.3 Å². The van der Waals surface area contributed by atoms with Crippen LogP contribution in [0.5, 0.6) is 0 Å². The molecule has 9 nitrogen and oxygen atoms in total. The van der Waals surface area contributed by atoms with Gasteiger partial charge in [-0.1, -0.05) is 6.42 Å². The molecule has 2 fully saturated rings. The monoisotopic (exact) mass is 475 g/mol. The molecule has 1 unspecified atom stereocenters. The molecule has 4 rings (SSSR count). The summed E-state index contributed by atoms with van der Waals surface area (Å²) in [5, 5.41) is 21.1. The number of nitrogens with zero attached hydrogens (tertiary/aromatic N) is 3. The van der Waals surface area contributed by atoms with E-state index in [4.69, 9.17) is 19.8 Å². The zero-order valence-corrected chi connectivity index (χ0v) is 19.0. The standard InChI is InChI=1S/C22H28FN3O2.C2H2O4/c23-19-7-5-16(6-8-19)22(28)17-9-11-25(12-10-17)13-14-26-21(27)15-18-3-1-2-4-20(18)24-26;3-1(4)2(5)6/h5-8,17-18H,1-4,9-15H2;(H,3,4)(H,5,6). The fourth-order valence-corrected chi connectivity index (χ4v) is 4.63.